The van der Waals surface area contributed by atoms with Crippen molar-refractivity contribution >= 4 is 27.7 Å². The minimum Gasteiger partial charge on any atom is -0.332 e. The lowest BCUT2D eigenvalue weighted by Gasteiger charge is -2.34. The Bertz CT molecular complexity index is 267. The number of likely N-dealkylation sites (N-methyl/N-ethyl adjacent to an activating group) is 1. The number of carbonyl (C=O) groups is 2. The average Bonchev–Trinajstić information content (AvgIpc) is 2.29. The molecule has 0 radical (unpaired) electrons. The minimum atomic E-state index is 0.0616. The van der Waals surface area contributed by atoms with Crippen molar-refractivity contribution in [2.75, 3.05) is 31.5 Å². The molecule has 1 heterocycles. The lowest BCUT2D eigenvalue weighted by atomic mass is 10.1. The van der Waals surface area contributed by atoms with E-state index < -0.39 is 0 Å². The molecule has 0 N–H and O–H groups in total. The smallest absolute Gasteiger partial charge is 0.242 e. The van der Waals surface area contributed by atoms with Gasteiger partial charge in [-0.3, -0.25) is 9.59 Å². The summed E-state index contributed by atoms with van der Waals surface area (Å²) in [6.45, 7) is 5.79. The highest BCUT2D eigenvalue weighted by Gasteiger charge is 2.29. The third kappa shape index (κ3) is 3.20. The van der Waals surface area contributed by atoms with Gasteiger partial charge in [0.25, 0.3) is 0 Å². The Balaban J connectivity index is 2.56. The molecule has 0 bridgehead atoms. The largest absolute Gasteiger partial charge is 0.332 e. The van der Waals surface area contributed by atoms with Crippen LogP contribution in [-0.2, 0) is 9.59 Å². The molecule has 0 saturated carbocycles. The molecule has 1 aliphatic heterocycles. The van der Waals surface area contributed by atoms with Crippen molar-refractivity contribution in [3.05, 3.63) is 0 Å². The summed E-state index contributed by atoms with van der Waals surface area (Å²) in [4.78, 5) is 26.7. The van der Waals surface area contributed by atoms with Crippen molar-refractivity contribution in [2.45, 2.75) is 20.3 Å². The Labute approximate surface area is 105 Å². The predicted molar refractivity (Wildman–Crippen MR) is 66.4 cm³/mol. The molecule has 5 heteroatoms. The Kier molecular flexibility index (Phi) is 5.25. The van der Waals surface area contributed by atoms with Gasteiger partial charge in [0, 0.05) is 18.4 Å². The van der Waals surface area contributed by atoms with Crippen molar-refractivity contribution in [3.63, 3.8) is 0 Å². The minimum absolute atomic E-state index is 0.0616. The Hall–Kier alpha value is -0.580. The van der Waals surface area contributed by atoms with Crippen molar-refractivity contribution in [2.24, 2.45) is 5.92 Å². The molecule has 92 valence electrons. The van der Waals surface area contributed by atoms with Crippen LogP contribution in [0.5, 0.6) is 0 Å². The fraction of sp³-hybridized carbons (Fsp3) is 0.818. The number of halogens is 1. The van der Waals surface area contributed by atoms with Gasteiger partial charge in [0.2, 0.25) is 11.8 Å². The van der Waals surface area contributed by atoms with Crippen LogP contribution in [0.25, 0.3) is 0 Å². The van der Waals surface area contributed by atoms with Gasteiger partial charge in [0.15, 0.2) is 0 Å². The molecule has 1 rings (SSSR count). The maximum Gasteiger partial charge on any atom is 0.242 e. The number of carbonyl (C=O) groups excluding carboxylic acids is 2. The molecule has 1 aliphatic rings. The van der Waals surface area contributed by atoms with Gasteiger partial charge in [-0.1, -0.05) is 29.3 Å². The van der Waals surface area contributed by atoms with E-state index in [1.807, 2.05) is 6.92 Å². The lowest BCUT2D eigenvalue weighted by Crippen LogP contribution is -2.54. The molecule has 0 aromatic rings. The summed E-state index contributed by atoms with van der Waals surface area (Å²) >= 11 is 3.43. The van der Waals surface area contributed by atoms with Crippen LogP contribution in [0, 0.1) is 5.92 Å². The van der Waals surface area contributed by atoms with E-state index in [0.29, 0.717) is 19.0 Å². The molecule has 1 atom stereocenters. The van der Waals surface area contributed by atoms with Crippen LogP contribution < -0.4 is 0 Å². The van der Waals surface area contributed by atoms with E-state index >= 15 is 0 Å². The summed E-state index contributed by atoms with van der Waals surface area (Å²) in [7, 11) is 0. The Morgan fingerprint density at radius 2 is 1.75 bits per heavy atom. The first-order valence-corrected chi connectivity index (χ1v) is 6.86. The topological polar surface area (TPSA) is 40.6 Å². The normalized spacial score (nSPS) is 19.2. The van der Waals surface area contributed by atoms with Crippen LogP contribution in [0.15, 0.2) is 0 Å². The van der Waals surface area contributed by atoms with Crippen molar-refractivity contribution in [1.29, 1.82) is 0 Å². The first kappa shape index (κ1) is 13.5. The SMILES string of the molecule is CCC(CBr)CN1CC(=O)N(CC)CC1=O. The number of piperazine rings is 1. The third-order valence-electron chi connectivity index (χ3n) is 3.01. The number of hydrogen-bond acceptors (Lipinski definition) is 2. The quantitative estimate of drug-likeness (QED) is 0.712. The van der Waals surface area contributed by atoms with Crippen molar-refractivity contribution < 1.29 is 9.59 Å². The van der Waals surface area contributed by atoms with Gasteiger partial charge in [-0.05, 0) is 12.8 Å². The van der Waals surface area contributed by atoms with Crippen LogP contribution in [0.2, 0.25) is 0 Å². The van der Waals surface area contributed by atoms with Gasteiger partial charge in [-0.15, -0.1) is 0 Å². The van der Waals surface area contributed by atoms with E-state index in [1.54, 1.807) is 9.80 Å². The van der Waals surface area contributed by atoms with Gasteiger partial charge in [-0.25, -0.2) is 0 Å². The molecule has 16 heavy (non-hydrogen) atoms. The van der Waals surface area contributed by atoms with Crippen LogP contribution >= 0.6 is 15.9 Å². The molecular formula is C11H19BrN2O2. The van der Waals surface area contributed by atoms with Crippen molar-refractivity contribution in [3.8, 4) is 0 Å². The monoisotopic (exact) mass is 290 g/mol. The Morgan fingerprint density at radius 1 is 1.19 bits per heavy atom. The maximum atomic E-state index is 11.8. The van der Waals surface area contributed by atoms with E-state index in [9.17, 15) is 9.59 Å². The number of nitrogens with zero attached hydrogens (tertiary/aromatic N) is 2. The molecule has 1 unspecified atom stereocenters. The second-order valence-electron chi connectivity index (χ2n) is 4.11. The summed E-state index contributed by atoms with van der Waals surface area (Å²) in [6.07, 6.45) is 1.01. The molecule has 4 nitrogen and oxygen atoms in total. The van der Waals surface area contributed by atoms with Crippen molar-refractivity contribution in [1.82, 2.24) is 9.80 Å². The first-order chi connectivity index (χ1) is 7.62. The highest BCUT2D eigenvalue weighted by molar-refractivity contribution is 9.09. The number of rotatable bonds is 5. The van der Waals surface area contributed by atoms with Gasteiger partial charge in [-0.2, -0.15) is 0 Å². The third-order valence-corrected chi connectivity index (χ3v) is 3.93. The highest BCUT2D eigenvalue weighted by Crippen LogP contribution is 2.12. The predicted octanol–water partition coefficient (Wildman–Crippen LogP) is 1.10. The van der Waals surface area contributed by atoms with E-state index in [2.05, 4.69) is 22.9 Å². The lowest BCUT2D eigenvalue weighted by molar-refractivity contribution is -0.150. The van der Waals surface area contributed by atoms with Gasteiger partial charge in [0.1, 0.15) is 0 Å². The zero-order chi connectivity index (χ0) is 12.1. The van der Waals surface area contributed by atoms with E-state index in [1.165, 1.54) is 0 Å². The van der Waals surface area contributed by atoms with Crippen LogP contribution in [-0.4, -0.2) is 53.1 Å². The summed E-state index contributed by atoms with van der Waals surface area (Å²) in [5.41, 5.74) is 0. The average molecular weight is 291 g/mol. The van der Waals surface area contributed by atoms with E-state index in [-0.39, 0.29) is 24.9 Å². The fourth-order valence-corrected chi connectivity index (χ4v) is 2.42. The van der Waals surface area contributed by atoms with Crippen LogP contribution in [0.3, 0.4) is 0 Å². The fourth-order valence-electron chi connectivity index (χ4n) is 1.76. The summed E-state index contributed by atoms with van der Waals surface area (Å²) in [6, 6.07) is 0. The molecule has 0 aromatic carbocycles. The molecule has 0 aromatic heterocycles. The van der Waals surface area contributed by atoms with Gasteiger partial charge < -0.3 is 9.80 Å². The number of hydrogen-bond donors (Lipinski definition) is 0. The molecule has 1 saturated heterocycles. The van der Waals surface area contributed by atoms with Crippen LogP contribution in [0.1, 0.15) is 20.3 Å². The van der Waals surface area contributed by atoms with E-state index in [4.69, 9.17) is 0 Å². The number of alkyl halides is 1. The van der Waals surface area contributed by atoms with Gasteiger partial charge in [0.05, 0.1) is 13.1 Å². The second kappa shape index (κ2) is 6.23. The Morgan fingerprint density at radius 3 is 2.25 bits per heavy atom. The van der Waals surface area contributed by atoms with Crippen LogP contribution in [0.4, 0.5) is 0 Å². The molecule has 2 amide bonds. The van der Waals surface area contributed by atoms with Gasteiger partial charge >= 0.3 is 0 Å². The molecule has 0 spiro atoms. The summed E-state index contributed by atoms with van der Waals surface area (Å²) in [5, 5.41) is 0.874. The summed E-state index contributed by atoms with van der Waals surface area (Å²) in [5.74, 6) is 0.567. The standard InChI is InChI=1S/C11H19BrN2O2/c1-3-9(5-12)6-14-8-10(15)13(4-2)7-11(14)16/h9H,3-8H2,1-2H3. The zero-order valence-corrected chi connectivity index (χ0v) is 11.5. The highest BCUT2D eigenvalue weighted by atomic mass is 79.9. The molecule has 0 aliphatic carbocycles. The molecular weight excluding hydrogens is 272 g/mol. The first-order valence-electron chi connectivity index (χ1n) is 5.73. The molecule has 1 fully saturated rings. The summed E-state index contributed by atoms with van der Waals surface area (Å²) < 4.78 is 0. The van der Waals surface area contributed by atoms with E-state index in [0.717, 1.165) is 11.8 Å². The second-order valence-corrected chi connectivity index (χ2v) is 4.76. The zero-order valence-electron chi connectivity index (χ0n) is 9.91. The number of amides is 2. The maximum absolute atomic E-state index is 11.8.